The smallest absolute Gasteiger partial charge is 0.211 e. The summed E-state index contributed by atoms with van der Waals surface area (Å²) in [6.07, 6.45) is 2.66. The molecular formula is C11H14Br2FNO2S. The molecule has 0 spiro atoms. The first-order valence-electron chi connectivity index (χ1n) is 5.48. The fourth-order valence-electron chi connectivity index (χ4n) is 1.37. The molecule has 0 aromatic heterocycles. The molecular weight excluding hydrogens is 389 g/mol. The Labute approximate surface area is 123 Å². The van der Waals surface area contributed by atoms with Crippen LogP contribution in [0.5, 0.6) is 0 Å². The highest BCUT2D eigenvalue weighted by molar-refractivity contribution is 9.10. The van der Waals surface area contributed by atoms with E-state index in [-0.39, 0.29) is 4.90 Å². The summed E-state index contributed by atoms with van der Waals surface area (Å²) >= 11 is 6.39. The zero-order valence-corrected chi connectivity index (χ0v) is 13.6. The van der Waals surface area contributed by atoms with Crippen molar-refractivity contribution in [2.45, 2.75) is 24.2 Å². The van der Waals surface area contributed by atoms with Crippen LogP contribution in [0.1, 0.15) is 19.3 Å². The maximum Gasteiger partial charge on any atom is 0.243 e. The third-order valence-corrected chi connectivity index (χ3v) is 4.83. The van der Waals surface area contributed by atoms with Gasteiger partial charge in [0, 0.05) is 16.3 Å². The van der Waals surface area contributed by atoms with E-state index in [0.717, 1.165) is 30.7 Å². The Morgan fingerprint density at radius 2 is 1.94 bits per heavy atom. The third-order valence-electron chi connectivity index (χ3n) is 2.29. The van der Waals surface area contributed by atoms with Crippen LogP contribution in [0.2, 0.25) is 0 Å². The van der Waals surface area contributed by atoms with Gasteiger partial charge in [0.2, 0.25) is 10.0 Å². The summed E-state index contributed by atoms with van der Waals surface area (Å²) in [5, 5.41) is 0.904. The van der Waals surface area contributed by atoms with Gasteiger partial charge in [0.05, 0.1) is 0 Å². The standard InChI is InChI=1S/C11H14Br2FNO2S/c12-6-2-1-3-7-15-18(16,17)11-5-4-9(13)8-10(11)14/h4-5,8,15H,1-3,6-7H2. The molecule has 3 nitrogen and oxygen atoms in total. The van der Waals surface area contributed by atoms with Gasteiger partial charge < -0.3 is 0 Å². The van der Waals surface area contributed by atoms with Gasteiger partial charge in [0.15, 0.2) is 0 Å². The highest BCUT2D eigenvalue weighted by Crippen LogP contribution is 2.19. The predicted octanol–water partition coefficient (Wildman–Crippen LogP) is 3.43. The van der Waals surface area contributed by atoms with Crippen molar-refractivity contribution in [3.05, 3.63) is 28.5 Å². The Kier molecular flexibility index (Phi) is 6.76. The Balaban J connectivity index is 2.63. The van der Waals surface area contributed by atoms with E-state index >= 15 is 0 Å². The molecule has 0 unspecified atom stereocenters. The van der Waals surface area contributed by atoms with Crippen molar-refractivity contribution in [2.75, 3.05) is 11.9 Å². The summed E-state index contributed by atoms with van der Waals surface area (Å²) in [5.74, 6) is -0.752. The van der Waals surface area contributed by atoms with E-state index in [1.807, 2.05) is 0 Å². The quantitative estimate of drug-likeness (QED) is 0.560. The summed E-state index contributed by atoms with van der Waals surface area (Å²) in [6, 6.07) is 3.89. The van der Waals surface area contributed by atoms with Crippen LogP contribution < -0.4 is 4.72 Å². The second-order valence-corrected chi connectivity index (χ2v) is 7.17. The number of nitrogens with one attached hydrogen (secondary N) is 1. The molecule has 0 radical (unpaired) electrons. The zero-order chi connectivity index (χ0) is 13.6. The molecule has 18 heavy (non-hydrogen) atoms. The molecule has 0 heterocycles. The molecule has 0 amide bonds. The number of sulfonamides is 1. The van der Waals surface area contributed by atoms with Crippen LogP contribution in [0.4, 0.5) is 4.39 Å². The number of hydrogen-bond donors (Lipinski definition) is 1. The van der Waals surface area contributed by atoms with Gasteiger partial charge in [-0.1, -0.05) is 38.3 Å². The maximum atomic E-state index is 13.5. The minimum atomic E-state index is -3.75. The number of hydrogen-bond acceptors (Lipinski definition) is 2. The minimum absolute atomic E-state index is 0.314. The van der Waals surface area contributed by atoms with Crippen LogP contribution in [0.25, 0.3) is 0 Å². The first-order chi connectivity index (χ1) is 8.47. The van der Waals surface area contributed by atoms with E-state index in [9.17, 15) is 12.8 Å². The van der Waals surface area contributed by atoms with E-state index < -0.39 is 15.8 Å². The van der Waals surface area contributed by atoms with Gasteiger partial charge in [-0.25, -0.2) is 17.5 Å². The fraction of sp³-hybridized carbons (Fsp3) is 0.455. The summed E-state index contributed by atoms with van der Waals surface area (Å²) in [7, 11) is -3.75. The van der Waals surface area contributed by atoms with Gasteiger partial charge in [0.1, 0.15) is 10.7 Å². The molecule has 0 atom stereocenters. The highest BCUT2D eigenvalue weighted by atomic mass is 79.9. The van der Waals surface area contributed by atoms with Crippen LogP contribution >= 0.6 is 31.9 Å². The number of rotatable bonds is 7. The molecule has 7 heteroatoms. The third kappa shape index (κ3) is 4.95. The Morgan fingerprint density at radius 3 is 2.56 bits per heavy atom. The molecule has 1 N–H and O–H groups in total. The number of halogens is 3. The van der Waals surface area contributed by atoms with E-state index in [1.165, 1.54) is 12.1 Å². The molecule has 1 aromatic carbocycles. The largest absolute Gasteiger partial charge is 0.243 e. The van der Waals surface area contributed by atoms with Crippen LogP contribution in [0, 0.1) is 5.82 Å². The van der Waals surface area contributed by atoms with Crippen LogP contribution in [-0.2, 0) is 10.0 Å². The maximum absolute atomic E-state index is 13.5. The minimum Gasteiger partial charge on any atom is -0.211 e. The lowest BCUT2D eigenvalue weighted by atomic mass is 10.3. The summed E-state index contributed by atoms with van der Waals surface area (Å²) in [4.78, 5) is -0.314. The van der Waals surface area contributed by atoms with Crippen molar-refractivity contribution in [3.8, 4) is 0 Å². The number of benzene rings is 1. The highest BCUT2D eigenvalue weighted by Gasteiger charge is 2.18. The van der Waals surface area contributed by atoms with Crippen molar-refractivity contribution < 1.29 is 12.8 Å². The molecule has 0 aliphatic rings. The molecule has 0 fully saturated rings. The van der Waals surface area contributed by atoms with Gasteiger partial charge in [-0.3, -0.25) is 0 Å². The van der Waals surface area contributed by atoms with Gasteiger partial charge in [-0.15, -0.1) is 0 Å². The Morgan fingerprint density at radius 1 is 1.22 bits per heavy atom. The molecule has 0 aliphatic carbocycles. The SMILES string of the molecule is O=S(=O)(NCCCCCBr)c1ccc(Br)cc1F. The molecule has 0 saturated heterocycles. The molecule has 1 aromatic rings. The van der Waals surface area contributed by atoms with Gasteiger partial charge in [0.25, 0.3) is 0 Å². The average molecular weight is 403 g/mol. The van der Waals surface area contributed by atoms with E-state index in [4.69, 9.17) is 0 Å². The second kappa shape index (κ2) is 7.57. The van der Waals surface area contributed by atoms with Gasteiger partial charge in [-0.05, 0) is 31.0 Å². The molecule has 0 aliphatic heterocycles. The predicted molar refractivity (Wildman–Crippen MR) is 76.9 cm³/mol. The topological polar surface area (TPSA) is 46.2 Å². The van der Waals surface area contributed by atoms with Crippen molar-refractivity contribution in [1.82, 2.24) is 4.72 Å². The lowest BCUT2D eigenvalue weighted by molar-refractivity contribution is 0.553. The van der Waals surface area contributed by atoms with Crippen LogP contribution in [0.15, 0.2) is 27.6 Å². The number of unbranched alkanes of at least 4 members (excludes halogenated alkanes) is 2. The fourth-order valence-corrected chi connectivity index (χ4v) is 3.23. The first kappa shape index (κ1) is 16.1. The average Bonchev–Trinajstić information content (AvgIpc) is 2.28. The summed E-state index contributed by atoms with van der Waals surface area (Å²) < 4.78 is 40.1. The second-order valence-electron chi connectivity index (χ2n) is 3.72. The van der Waals surface area contributed by atoms with E-state index in [1.54, 1.807) is 0 Å². The Hall–Kier alpha value is 0.0200. The van der Waals surface area contributed by atoms with E-state index in [2.05, 4.69) is 36.6 Å². The van der Waals surface area contributed by atoms with Crippen LogP contribution in [0.3, 0.4) is 0 Å². The zero-order valence-electron chi connectivity index (χ0n) is 9.63. The summed E-state index contributed by atoms with van der Waals surface area (Å²) in [5.41, 5.74) is 0. The lowest BCUT2D eigenvalue weighted by Gasteiger charge is -2.07. The van der Waals surface area contributed by atoms with Crippen molar-refractivity contribution >= 4 is 41.9 Å². The molecule has 1 rings (SSSR count). The first-order valence-corrected chi connectivity index (χ1v) is 8.88. The van der Waals surface area contributed by atoms with E-state index in [0.29, 0.717) is 11.0 Å². The summed E-state index contributed by atoms with van der Waals surface area (Å²) in [6.45, 7) is 0.324. The normalized spacial score (nSPS) is 11.7. The Bertz CT molecular complexity index is 494. The van der Waals surface area contributed by atoms with Crippen molar-refractivity contribution in [3.63, 3.8) is 0 Å². The molecule has 0 saturated carbocycles. The van der Waals surface area contributed by atoms with Crippen molar-refractivity contribution in [1.29, 1.82) is 0 Å². The van der Waals surface area contributed by atoms with Crippen LogP contribution in [-0.4, -0.2) is 20.3 Å². The van der Waals surface area contributed by atoms with Gasteiger partial charge in [-0.2, -0.15) is 0 Å². The molecule has 0 bridgehead atoms. The van der Waals surface area contributed by atoms with Crippen molar-refractivity contribution in [2.24, 2.45) is 0 Å². The van der Waals surface area contributed by atoms with Gasteiger partial charge >= 0.3 is 0 Å². The number of alkyl halides is 1. The molecule has 102 valence electrons. The lowest BCUT2D eigenvalue weighted by Crippen LogP contribution is -2.25. The monoisotopic (exact) mass is 401 g/mol.